The van der Waals surface area contributed by atoms with Gasteiger partial charge in [-0.05, 0) is 81.1 Å². The molecule has 1 fully saturated rings. The van der Waals surface area contributed by atoms with Crippen molar-refractivity contribution in [1.82, 2.24) is 0 Å². The van der Waals surface area contributed by atoms with Crippen LogP contribution in [-0.2, 0) is 22.8 Å². The molecule has 0 aromatic carbocycles. The minimum absolute atomic E-state index is 0.0645. The molecule has 0 aliphatic carbocycles. The van der Waals surface area contributed by atoms with Gasteiger partial charge in [-0.3, -0.25) is 9.54 Å². The number of ether oxygens (including phenoxy) is 1. The quantitative estimate of drug-likeness (QED) is 0.312. The van der Waals surface area contributed by atoms with Gasteiger partial charge in [0.25, 0.3) is 0 Å². The van der Waals surface area contributed by atoms with Crippen LogP contribution in [0, 0.1) is 0 Å². The molecule has 11 heteroatoms. The highest BCUT2D eigenvalue weighted by molar-refractivity contribution is 7.99. The molecule has 1 aliphatic rings. The van der Waals surface area contributed by atoms with Gasteiger partial charge < -0.3 is 18.0 Å². The summed E-state index contributed by atoms with van der Waals surface area (Å²) in [5.74, 6) is -0.0645. The number of hydrogen-bond acceptors (Lipinski definition) is 7. The first-order valence-corrected chi connectivity index (χ1v) is 22.0. The first-order valence-electron chi connectivity index (χ1n) is 10.1. The molecule has 1 aliphatic heterocycles. The molecule has 1 heterocycles. The molecule has 0 N–H and O–H groups in total. The summed E-state index contributed by atoms with van der Waals surface area (Å²) in [7, 11) is -2.60. The molecule has 0 unspecified atom stereocenters. The maximum Gasteiger partial charge on any atom is 0.184 e. The van der Waals surface area contributed by atoms with Gasteiger partial charge in [0.2, 0.25) is 0 Å². The Labute approximate surface area is 186 Å². The largest absolute Gasteiger partial charge is 0.409 e. The van der Waals surface area contributed by atoms with E-state index >= 15 is 0 Å². The Morgan fingerprint density at radius 1 is 0.897 bits per heavy atom. The summed E-state index contributed by atoms with van der Waals surface area (Å²) in [6.07, 6.45) is 0.473. The number of rotatable bonds is 10. The Kier molecular flexibility index (Phi) is 9.99. The van der Waals surface area contributed by atoms with E-state index in [0.29, 0.717) is 0 Å². The normalized spacial score (nSPS) is 30.1. The molecule has 0 spiro atoms. The van der Waals surface area contributed by atoms with Gasteiger partial charge in [0, 0.05) is 0 Å². The Morgan fingerprint density at radius 3 is 1.66 bits per heavy atom. The summed E-state index contributed by atoms with van der Waals surface area (Å²) in [5.41, 5.74) is -0.259. The number of hydrogen-bond donors (Lipinski definition) is 0. The van der Waals surface area contributed by atoms with Crippen LogP contribution in [0.4, 0.5) is 0 Å². The third kappa shape index (κ3) is 8.94. The standard InChI is InChI=1S/C18H40NO5PSSi3/c1-12(20)13(19-25)14-15(22-27(3,4)5)16(23-28(6,7)8)17(18(21-14)26-2)24-29(9,10)11/h13-18,25H,1-11H3/t13-,14-,15+,16-,17-,18-/m1/s1. The van der Waals surface area contributed by atoms with Crippen LogP contribution >= 0.6 is 20.8 Å². The predicted molar refractivity (Wildman–Crippen MR) is 132 cm³/mol. The van der Waals surface area contributed by atoms with Crippen molar-refractivity contribution in [2.75, 3.05) is 6.26 Å². The van der Waals surface area contributed by atoms with Crippen LogP contribution in [-0.4, -0.2) is 72.9 Å². The highest BCUT2D eigenvalue weighted by atomic mass is 32.2. The van der Waals surface area contributed by atoms with Gasteiger partial charge >= 0.3 is 0 Å². The molecule has 1 rings (SSSR count). The van der Waals surface area contributed by atoms with E-state index in [0.717, 1.165) is 0 Å². The Bertz CT molecular complexity index is 579. The number of carbonyl (C=O) groups excluding carboxylic acids is 1. The first kappa shape index (κ1) is 27.6. The van der Waals surface area contributed by atoms with E-state index in [4.69, 9.17) is 18.0 Å². The molecular formula is C18H40NO5PSSi3. The third-order valence-electron chi connectivity index (χ3n) is 4.10. The summed E-state index contributed by atoms with van der Waals surface area (Å²) in [4.78, 5) is 12.4. The van der Waals surface area contributed by atoms with Crippen molar-refractivity contribution in [3.8, 4) is 0 Å². The molecular weight excluding hydrogens is 457 g/mol. The molecule has 0 amide bonds. The second kappa shape index (κ2) is 10.5. The summed E-state index contributed by atoms with van der Waals surface area (Å²) in [6.45, 7) is 21.0. The molecule has 0 bridgehead atoms. The van der Waals surface area contributed by atoms with Crippen molar-refractivity contribution in [2.24, 2.45) is 4.74 Å². The Balaban J connectivity index is 3.54. The molecule has 6 atom stereocenters. The number of Topliss-reactive ketones (excluding diaryl/α,β-unsaturated/α-hetero) is 1. The predicted octanol–water partition coefficient (Wildman–Crippen LogP) is 5.02. The van der Waals surface area contributed by atoms with Gasteiger partial charge in [-0.15, -0.1) is 11.8 Å². The number of nitrogens with zero attached hydrogens (tertiary/aromatic N) is 1. The lowest BCUT2D eigenvalue weighted by Gasteiger charge is -2.51. The van der Waals surface area contributed by atoms with Gasteiger partial charge in [0.1, 0.15) is 35.9 Å². The minimum Gasteiger partial charge on any atom is -0.409 e. The molecule has 0 aromatic heterocycles. The van der Waals surface area contributed by atoms with E-state index in [1.807, 2.05) is 6.26 Å². The summed E-state index contributed by atoms with van der Waals surface area (Å²) in [5, 5.41) is 0. The van der Waals surface area contributed by atoms with Crippen LogP contribution in [0.15, 0.2) is 4.74 Å². The summed E-state index contributed by atoms with van der Waals surface area (Å²) in [6, 6.07) is -0.664. The third-order valence-corrected chi connectivity index (χ3v) is 8.16. The van der Waals surface area contributed by atoms with Crippen LogP contribution in [0.2, 0.25) is 58.9 Å². The van der Waals surface area contributed by atoms with E-state index in [1.54, 1.807) is 11.8 Å². The maximum absolute atomic E-state index is 12.4. The Hall–Kier alpha value is 0.611. The van der Waals surface area contributed by atoms with Crippen molar-refractivity contribution in [3.05, 3.63) is 0 Å². The lowest BCUT2D eigenvalue weighted by Crippen LogP contribution is -2.66. The van der Waals surface area contributed by atoms with E-state index < -0.39 is 43.2 Å². The highest BCUT2D eigenvalue weighted by Crippen LogP contribution is 2.38. The van der Waals surface area contributed by atoms with Crippen molar-refractivity contribution >= 4 is 51.5 Å². The monoisotopic (exact) mass is 497 g/mol. The smallest absolute Gasteiger partial charge is 0.184 e. The highest BCUT2D eigenvalue weighted by Gasteiger charge is 2.53. The second-order valence-corrected chi connectivity index (χ2v) is 25.0. The minimum atomic E-state index is -1.98. The average Bonchev–Trinajstić information content (AvgIpc) is 2.49. The SMILES string of the molecule is CS[C@H]1O[C@H]([C@H](N=P)C(C)=O)[C@H](O[Si](C)(C)C)[C@@H](O[Si](C)(C)C)[C@H]1O[Si](C)(C)C. The molecule has 0 radical (unpaired) electrons. The lowest BCUT2D eigenvalue weighted by atomic mass is 9.93. The molecule has 6 nitrogen and oxygen atoms in total. The molecule has 29 heavy (non-hydrogen) atoms. The summed E-state index contributed by atoms with van der Waals surface area (Å²) < 4.78 is 30.6. The van der Waals surface area contributed by atoms with Gasteiger partial charge in [0.05, 0.1) is 0 Å². The maximum atomic E-state index is 12.4. The Morgan fingerprint density at radius 2 is 1.31 bits per heavy atom. The zero-order valence-electron chi connectivity index (χ0n) is 19.9. The lowest BCUT2D eigenvalue weighted by molar-refractivity contribution is -0.187. The molecule has 0 aromatic rings. The van der Waals surface area contributed by atoms with E-state index in [1.165, 1.54) is 6.92 Å². The zero-order valence-corrected chi connectivity index (χ0v) is 24.7. The van der Waals surface area contributed by atoms with Gasteiger partial charge in [-0.25, -0.2) is 0 Å². The van der Waals surface area contributed by atoms with Crippen LogP contribution in [0.25, 0.3) is 0 Å². The fourth-order valence-corrected chi connectivity index (χ4v) is 7.68. The van der Waals surface area contributed by atoms with Gasteiger partial charge in [-0.2, -0.15) is 0 Å². The van der Waals surface area contributed by atoms with Crippen molar-refractivity contribution in [2.45, 2.75) is 102 Å². The fourth-order valence-electron chi connectivity index (χ4n) is 3.29. The van der Waals surface area contributed by atoms with Crippen molar-refractivity contribution < 1.29 is 22.8 Å². The summed E-state index contributed by atoms with van der Waals surface area (Å²) >= 11 is 1.59. The van der Waals surface area contributed by atoms with Crippen molar-refractivity contribution in [3.63, 3.8) is 0 Å². The fraction of sp³-hybridized carbons (Fsp3) is 0.944. The van der Waals surface area contributed by atoms with Gasteiger partial charge in [-0.1, -0.05) is 0 Å². The van der Waals surface area contributed by atoms with Crippen LogP contribution in [0.3, 0.4) is 0 Å². The van der Waals surface area contributed by atoms with Crippen molar-refractivity contribution in [1.29, 1.82) is 0 Å². The average molecular weight is 498 g/mol. The topological polar surface area (TPSA) is 66.4 Å². The zero-order chi connectivity index (χ0) is 22.8. The molecule has 170 valence electrons. The van der Waals surface area contributed by atoms with Gasteiger partial charge in [0.15, 0.2) is 30.7 Å². The van der Waals surface area contributed by atoms with E-state index in [-0.39, 0.29) is 23.4 Å². The number of thioether (sulfide) groups is 1. The number of carbonyl (C=O) groups is 1. The van der Waals surface area contributed by atoms with Crippen LogP contribution < -0.4 is 0 Å². The first-order chi connectivity index (χ1) is 13.0. The van der Waals surface area contributed by atoms with E-state index in [9.17, 15) is 4.79 Å². The molecule has 0 saturated carbocycles. The molecule has 1 saturated heterocycles. The second-order valence-electron chi connectivity index (χ2n) is 10.5. The van der Waals surface area contributed by atoms with E-state index in [2.05, 4.69) is 72.7 Å². The number of ketones is 1. The van der Waals surface area contributed by atoms with Crippen LogP contribution in [0.5, 0.6) is 0 Å². The van der Waals surface area contributed by atoms with Crippen LogP contribution in [0.1, 0.15) is 6.92 Å².